The lowest BCUT2D eigenvalue weighted by molar-refractivity contribution is 0.373. The lowest BCUT2D eigenvalue weighted by atomic mass is 10.1. The van der Waals surface area contributed by atoms with Gasteiger partial charge in [-0.25, -0.2) is 0 Å². The fourth-order valence-electron chi connectivity index (χ4n) is 1.16. The van der Waals surface area contributed by atoms with Crippen molar-refractivity contribution in [3.8, 4) is 11.5 Å². The Morgan fingerprint density at radius 2 is 2.08 bits per heavy atom. The predicted octanol–water partition coefficient (Wildman–Crippen LogP) is 1.00. The Morgan fingerprint density at radius 1 is 1.46 bits per heavy atom. The van der Waals surface area contributed by atoms with Crippen molar-refractivity contribution in [1.29, 1.82) is 0 Å². The van der Waals surface area contributed by atoms with E-state index in [0.29, 0.717) is 11.4 Å². The first-order valence-electron chi connectivity index (χ1n) is 3.98. The minimum atomic E-state index is -0.172. The summed E-state index contributed by atoms with van der Waals surface area (Å²) in [6.45, 7) is 1.82. The summed E-state index contributed by atoms with van der Waals surface area (Å²) in [7, 11) is 1.48. The number of nitrogen functional groups attached to an aromatic ring is 1. The molecule has 5 N–H and O–H groups in total. The van der Waals surface area contributed by atoms with Crippen LogP contribution in [0.15, 0.2) is 12.1 Å². The predicted molar refractivity (Wildman–Crippen MR) is 51.7 cm³/mol. The van der Waals surface area contributed by atoms with Gasteiger partial charge in [0, 0.05) is 17.8 Å². The molecule has 1 aromatic carbocycles. The van der Waals surface area contributed by atoms with Crippen LogP contribution in [0.5, 0.6) is 11.5 Å². The van der Waals surface area contributed by atoms with Gasteiger partial charge in [0.05, 0.1) is 7.11 Å². The number of hydrogen-bond donors (Lipinski definition) is 3. The van der Waals surface area contributed by atoms with Crippen LogP contribution >= 0.6 is 0 Å². The lowest BCUT2D eigenvalue weighted by Gasteiger charge is -2.12. The number of rotatable bonds is 2. The first-order valence-corrected chi connectivity index (χ1v) is 3.98. The molecule has 0 aliphatic heterocycles. The SMILES string of the molecule is COc1cc(C(C)N)c(N)cc1O. The smallest absolute Gasteiger partial charge is 0.160 e. The maximum atomic E-state index is 9.35. The van der Waals surface area contributed by atoms with Crippen LogP contribution in [-0.4, -0.2) is 12.2 Å². The molecule has 1 rings (SSSR count). The standard InChI is InChI=1S/C9H14N2O2/c1-5(10)6-3-9(13-2)8(12)4-7(6)11/h3-5,12H,10-11H2,1-2H3. The Kier molecular flexibility index (Phi) is 2.63. The largest absolute Gasteiger partial charge is 0.504 e. The summed E-state index contributed by atoms with van der Waals surface area (Å²) in [4.78, 5) is 0. The topological polar surface area (TPSA) is 81.5 Å². The number of phenols is 1. The summed E-state index contributed by atoms with van der Waals surface area (Å²) >= 11 is 0. The molecule has 0 saturated carbocycles. The van der Waals surface area contributed by atoms with Crippen LogP contribution in [0.4, 0.5) is 5.69 Å². The number of anilines is 1. The molecule has 0 heterocycles. The third-order valence-electron chi connectivity index (χ3n) is 1.88. The molecule has 0 aliphatic rings. The fourth-order valence-corrected chi connectivity index (χ4v) is 1.16. The van der Waals surface area contributed by atoms with Gasteiger partial charge in [-0.15, -0.1) is 0 Å². The summed E-state index contributed by atoms with van der Waals surface area (Å²) in [6, 6.07) is 2.92. The molecule has 0 bridgehead atoms. The molecular formula is C9H14N2O2. The first kappa shape index (κ1) is 9.67. The molecule has 0 saturated heterocycles. The van der Waals surface area contributed by atoms with Crippen LogP contribution in [0.2, 0.25) is 0 Å². The number of methoxy groups -OCH3 is 1. The highest BCUT2D eigenvalue weighted by molar-refractivity contribution is 5.58. The number of hydrogen-bond acceptors (Lipinski definition) is 4. The van der Waals surface area contributed by atoms with E-state index in [1.54, 1.807) is 6.07 Å². The van der Waals surface area contributed by atoms with E-state index in [1.807, 2.05) is 6.92 Å². The molecule has 0 spiro atoms. The zero-order valence-corrected chi connectivity index (χ0v) is 7.74. The Morgan fingerprint density at radius 3 is 2.54 bits per heavy atom. The van der Waals surface area contributed by atoms with Gasteiger partial charge in [0.1, 0.15) is 0 Å². The van der Waals surface area contributed by atoms with Crippen molar-refractivity contribution >= 4 is 5.69 Å². The maximum absolute atomic E-state index is 9.35. The number of ether oxygens (including phenoxy) is 1. The minimum absolute atomic E-state index is 0.0319. The number of aromatic hydroxyl groups is 1. The lowest BCUT2D eigenvalue weighted by Crippen LogP contribution is -2.08. The summed E-state index contributed by atoms with van der Waals surface area (Å²) in [6.07, 6.45) is 0. The quantitative estimate of drug-likeness (QED) is 0.596. The molecule has 0 aromatic heterocycles. The van der Waals surface area contributed by atoms with Crippen LogP contribution in [0.25, 0.3) is 0 Å². The van der Waals surface area contributed by atoms with Gasteiger partial charge in [-0.05, 0) is 18.6 Å². The maximum Gasteiger partial charge on any atom is 0.160 e. The van der Waals surface area contributed by atoms with Crippen LogP contribution in [0, 0.1) is 0 Å². The fraction of sp³-hybridized carbons (Fsp3) is 0.333. The second kappa shape index (κ2) is 3.53. The summed E-state index contributed by atoms with van der Waals surface area (Å²) < 4.78 is 4.93. The van der Waals surface area contributed by atoms with Crippen LogP contribution in [0.1, 0.15) is 18.5 Å². The summed E-state index contributed by atoms with van der Waals surface area (Å²) in [5.41, 5.74) is 12.6. The van der Waals surface area contributed by atoms with Gasteiger partial charge in [-0.1, -0.05) is 0 Å². The molecule has 13 heavy (non-hydrogen) atoms. The van der Waals surface area contributed by atoms with E-state index >= 15 is 0 Å². The zero-order valence-electron chi connectivity index (χ0n) is 7.74. The molecule has 1 aromatic rings. The Labute approximate surface area is 77.1 Å². The second-order valence-corrected chi connectivity index (χ2v) is 2.94. The van der Waals surface area contributed by atoms with Crippen molar-refractivity contribution in [3.05, 3.63) is 17.7 Å². The van der Waals surface area contributed by atoms with E-state index in [1.165, 1.54) is 13.2 Å². The van der Waals surface area contributed by atoms with Crippen LogP contribution in [-0.2, 0) is 0 Å². The van der Waals surface area contributed by atoms with Crippen molar-refractivity contribution in [3.63, 3.8) is 0 Å². The van der Waals surface area contributed by atoms with Gasteiger partial charge in [0.2, 0.25) is 0 Å². The summed E-state index contributed by atoms with van der Waals surface area (Å²) in [5, 5.41) is 9.35. The molecule has 1 unspecified atom stereocenters. The van der Waals surface area contributed by atoms with Crippen LogP contribution < -0.4 is 16.2 Å². The third-order valence-corrected chi connectivity index (χ3v) is 1.88. The second-order valence-electron chi connectivity index (χ2n) is 2.94. The van der Waals surface area contributed by atoms with E-state index in [-0.39, 0.29) is 11.8 Å². The van der Waals surface area contributed by atoms with E-state index in [2.05, 4.69) is 0 Å². The number of benzene rings is 1. The first-order chi connectivity index (χ1) is 6.06. The normalized spacial score (nSPS) is 12.5. The van der Waals surface area contributed by atoms with Crippen molar-refractivity contribution in [2.75, 3.05) is 12.8 Å². The van der Waals surface area contributed by atoms with Crippen LogP contribution in [0.3, 0.4) is 0 Å². The highest BCUT2D eigenvalue weighted by atomic mass is 16.5. The molecule has 0 fully saturated rings. The molecule has 1 atom stereocenters. The number of phenolic OH excluding ortho intramolecular Hbond substituents is 1. The molecule has 0 aliphatic carbocycles. The highest BCUT2D eigenvalue weighted by Gasteiger charge is 2.10. The third kappa shape index (κ3) is 1.84. The Bertz CT molecular complexity index is 311. The van der Waals surface area contributed by atoms with Gasteiger partial charge in [0.25, 0.3) is 0 Å². The van der Waals surface area contributed by atoms with Crippen molar-refractivity contribution < 1.29 is 9.84 Å². The van der Waals surface area contributed by atoms with E-state index in [0.717, 1.165) is 5.56 Å². The van der Waals surface area contributed by atoms with Gasteiger partial charge >= 0.3 is 0 Å². The van der Waals surface area contributed by atoms with E-state index in [4.69, 9.17) is 16.2 Å². The van der Waals surface area contributed by atoms with Gasteiger partial charge < -0.3 is 21.3 Å². The molecule has 4 nitrogen and oxygen atoms in total. The van der Waals surface area contributed by atoms with Crippen molar-refractivity contribution in [1.82, 2.24) is 0 Å². The van der Waals surface area contributed by atoms with Gasteiger partial charge in [-0.3, -0.25) is 0 Å². The Balaban J connectivity index is 3.22. The van der Waals surface area contributed by atoms with Gasteiger partial charge in [0.15, 0.2) is 11.5 Å². The average Bonchev–Trinajstić information content (AvgIpc) is 2.03. The van der Waals surface area contributed by atoms with Crippen molar-refractivity contribution in [2.24, 2.45) is 5.73 Å². The minimum Gasteiger partial charge on any atom is -0.504 e. The molecule has 4 heteroatoms. The average molecular weight is 182 g/mol. The van der Waals surface area contributed by atoms with E-state index in [9.17, 15) is 5.11 Å². The van der Waals surface area contributed by atoms with Gasteiger partial charge in [-0.2, -0.15) is 0 Å². The molecule has 72 valence electrons. The van der Waals surface area contributed by atoms with E-state index < -0.39 is 0 Å². The zero-order chi connectivity index (χ0) is 10.0. The Hall–Kier alpha value is -1.42. The highest BCUT2D eigenvalue weighted by Crippen LogP contribution is 2.32. The monoisotopic (exact) mass is 182 g/mol. The molecule has 0 amide bonds. The summed E-state index contributed by atoms with van der Waals surface area (Å²) in [5.74, 6) is 0.422. The molecule has 0 radical (unpaired) electrons. The van der Waals surface area contributed by atoms with Crippen molar-refractivity contribution in [2.45, 2.75) is 13.0 Å². The molecular weight excluding hydrogens is 168 g/mol. The number of nitrogens with two attached hydrogens (primary N) is 2.